The summed E-state index contributed by atoms with van der Waals surface area (Å²) in [5, 5.41) is 3.90. The highest BCUT2D eigenvalue weighted by Crippen LogP contribution is 2.29. The lowest BCUT2D eigenvalue weighted by molar-refractivity contribution is 0.0985. The summed E-state index contributed by atoms with van der Waals surface area (Å²) >= 11 is 1.39. The summed E-state index contributed by atoms with van der Waals surface area (Å²) in [6, 6.07) is 1.82. The molecule has 1 N–H and O–H groups in total. The number of hydrogen-bond acceptors (Lipinski definition) is 5. The molecule has 0 saturated heterocycles. The van der Waals surface area contributed by atoms with Crippen molar-refractivity contribution in [3.05, 3.63) is 33.3 Å². The average molecular weight is 339 g/mol. The lowest BCUT2D eigenvalue weighted by Crippen LogP contribution is -2.30. The second-order valence-electron chi connectivity index (χ2n) is 5.42. The predicted octanol–water partition coefficient (Wildman–Crippen LogP) is 1.79. The molecule has 0 saturated carbocycles. The molecule has 0 aliphatic heterocycles. The average Bonchev–Trinajstić information content (AvgIpc) is 3.03. The van der Waals surface area contributed by atoms with Crippen molar-refractivity contribution in [3.63, 3.8) is 0 Å². The van der Waals surface area contributed by atoms with Gasteiger partial charge in [-0.3, -0.25) is 9.48 Å². The first kappa shape index (κ1) is 15.2. The van der Waals surface area contributed by atoms with Crippen LogP contribution in [0.4, 0.5) is 0 Å². The second kappa shape index (κ2) is 5.51. The highest BCUT2D eigenvalue weighted by Gasteiger charge is 2.25. The summed E-state index contributed by atoms with van der Waals surface area (Å²) in [7, 11) is -2.24. The van der Waals surface area contributed by atoms with Crippen molar-refractivity contribution in [1.29, 1.82) is 0 Å². The quantitative estimate of drug-likeness (QED) is 0.924. The van der Waals surface area contributed by atoms with Crippen LogP contribution >= 0.6 is 11.3 Å². The molecule has 8 heteroatoms. The van der Waals surface area contributed by atoms with Crippen LogP contribution in [0.5, 0.6) is 0 Å². The monoisotopic (exact) mass is 339 g/mol. The van der Waals surface area contributed by atoms with Gasteiger partial charge in [-0.15, -0.1) is 11.3 Å². The molecule has 1 aliphatic carbocycles. The fourth-order valence-corrected chi connectivity index (χ4v) is 4.96. The SMILES string of the molecule is Cc1c(S(=O)(=O)NC(=O)c2cc3c(s2)CCCC3)cnn1C. The zero-order chi connectivity index (χ0) is 15.9. The normalized spacial score (nSPS) is 14.6. The van der Waals surface area contributed by atoms with Crippen LogP contribution in [0, 0.1) is 6.92 Å². The lowest BCUT2D eigenvalue weighted by atomic mass is 9.99. The smallest absolute Gasteiger partial charge is 0.272 e. The molecular weight excluding hydrogens is 322 g/mol. The lowest BCUT2D eigenvalue weighted by Gasteiger charge is -2.08. The van der Waals surface area contributed by atoms with Crippen molar-refractivity contribution in [2.45, 2.75) is 37.5 Å². The Morgan fingerprint density at radius 3 is 2.73 bits per heavy atom. The van der Waals surface area contributed by atoms with E-state index in [2.05, 4.69) is 9.82 Å². The Morgan fingerprint density at radius 2 is 2.09 bits per heavy atom. The van der Waals surface area contributed by atoms with Gasteiger partial charge in [0.1, 0.15) is 4.90 Å². The number of nitrogens with zero attached hydrogens (tertiary/aromatic N) is 2. The Hall–Kier alpha value is -1.67. The first-order chi connectivity index (χ1) is 10.4. The van der Waals surface area contributed by atoms with Gasteiger partial charge in [0.25, 0.3) is 15.9 Å². The van der Waals surface area contributed by atoms with Crippen molar-refractivity contribution in [2.24, 2.45) is 7.05 Å². The number of carbonyl (C=O) groups excluding carboxylic acids is 1. The molecule has 3 rings (SSSR count). The molecule has 1 amide bonds. The van der Waals surface area contributed by atoms with E-state index in [1.165, 1.54) is 32.7 Å². The summed E-state index contributed by atoms with van der Waals surface area (Å²) in [6.45, 7) is 1.65. The van der Waals surface area contributed by atoms with Gasteiger partial charge in [-0.1, -0.05) is 0 Å². The van der Waals surface area contributed by atoms with Crippen LogP contribution in [-0.2, 0) is 29.9 Å². The molecule has 2 aromatic heterocycles. The minimum Gasteiger partial charge on any atom is -0.272 e. The number of fused-ring (bicyclic) bond motifs is 1. The van der Waals surface area contributed by atoms with Crippen LogP contribution < -0.4 is 4.72 Å². The summed E-state index contributed by atoms with van der Waals surface area (Å²) in [5.41, 5.74) is 1.67. The van der Waals surface area contributed by atoms with E-state index in [1.54, 1.807) is 14.0 Å². The van der Waals surface area contributed by atoms with Crippen LogP contribution in [0.25, 0.3) is 0 Å². The molecule has 22 heavy (non-hydrogen) atoms. The summed E-state index contributed by atoms with van der Waals surface area (Å²) in [5.74, 6) is -0.567. The van der Waals surface area contributed by atoms with Gasteiger partial charge >= 0.3 is 0 Å². The number of rotatable bonds is 3. The fourth-order valence-electron chi connectivity index (χ4n) is 2.57. The Kier molecular flexibility index (Phi) is 3.82. The number of thiophene rings is 1. The van der Waals surface area contributed by atoms with E-state index in [-0.39, 0.29) is 4.90 Å². The van der Waals surface area contributed by atoms with Gasteiger partial charge in [-0.25, -0.2) is 13.1 Å². The molecule has 0 atom stereocenters. The highest BCUT2D eigenvalue weighted by molar-refractivity contribution is 7.90. The van der Waals surface area contributed by atoms with Gasteiger partial charge in [-0.05, 0) is 44.2 Å². The number of amides is 1. The van der Waals surface area contributed by atoms with Crippen LogP contribution in [0.1, 0.15) is 38.6 Å². The molecule has 6 nitrogen and oxygen atoms in total. The largest absolute Gasteiger partial charge is 0.275 e. The number of aryl methyl sites for hydroxylation is 3. The Balaban J connectivity index is 1.84. The van der Waals surface area contributed by atoms with E-state index in [1.807, 2.05) is 6.07 Å². The topological polar surface area (TPSA) is 81.1 Å². The van der Waals surface area contributed by atoms with Gasteiger partial charge < -0.3 is 0 Å². The first-order valence-corrected chi connectivity index (χ1v) is 9.36. The molecule has 0 fully saturated rings. The van der Waals surface area contributed by atoms with Crippen molar-refractivity contribution in [3.8, 4) is 0 Å². The molecule has 2 aromatic rings. The van der Waals surface area contributed by atoms with Crippen molar-refractivity contribution < 1.29 is 13.2 Å². The van der Waals surface area contributed by atoms with Crippen molar-refractivity contribution in [2.75, 3.05) is 0 Å². The zero-order valence-electron chi connectivity index (χ0n) is 12.4. The third-order valence-corrected chi connectivity index (χ3v) is 6.60. The standard InChI is InChI=1S/C14H17N3O3S2/c1-9-13(8-15-17(9)2)22(19,20)16-14(18)12-7-10-5-3-4-6-11(10)21-12/h7-8H,3-6H2,1-2H3,(H,16,18). The van der Waals surface area contributed by atoms with Crippen molar-refractivity contribution in [1.82, 2.24) is 14.5 Å². The third-order valence-electron chi connectivity index (χ3n) is 3.93. The highest BCUT2D eigenvalue weighted by atomic mass is 32.2. The molecule has 118 valence electrons. The number of sulfonamides is 1. The van der Waals surface area contributed by atoms with E-state index in [0.717, 1.165) is 25.7 Å². The van der Waals surface area contributed by atoms with E-state index >= 15 is 0 Å². The Labute approximate surface area is 133 Å². The molecule has 2 heterocycles. The van der Waals surface area contributed by atoms with Gasteiger partial charge in [0, 0.05) is 11.9 Å². The fraction of sp³-hybridized carbons (Fsp3) is 0.429. The van der Waals surface area contributed by atoms with Gasteiger partial charge in [-0.2, -0.15) is 5.10 Å². The second-order valence-corrected chi connectivity index (χ2v) is 8.21. The molecule has 0 spiro atoms. The minimum absolute atomic E-state index is 0.0321. The van der Waals surface area contributed by atoms with Crippen LogP contribution in [-0.4, -0.2) is 24.1 Å². The summed E-state index contributed by atoms with van der Waals surface area (Å²) in [6.07, 6.45) is 5.44. The van der Waals surface area contributed by atoms with Crippen LogP contribution in [0.3, 0.4) is 0 Å². The maximum atomic E-state index is 12.3. The number of carbonyl (C=O) groups is 1. The van der Waals surface area contributed by atoms with Gasteiger partial charge in [0.15, 0.2) is 0 Å². The molecule has 0 radical (unpaired) electrons. The summed E-state index contributed by atoms with van der Waals surface area (Å²) in [4.78, 5) is 14.0. The van der Waals surface area contributed by atoms with Gasteiger partial charge in [0.2, 0.25) is 0 Å². The Morgan fingerprint density at radius 1 is 1.36 bits per heavy atom. The molecular formula is C14H17N3O3S2. The van der Waals surface area contributed by atoms with E-state index in [9.17, 15) is 13.2 Å². The summed E-state index contributed by atoms with van der Waals surface area (Å²) < 4.78 is 28.2. The van der Waals surface area contributed by atoms with Gasteiger partial charge in [0.05, 0.1) is 16.8 Å². The maximum Gasteiger partial charge on any atom is 0.275 e. The molecule has 1 aliphatic rings. The predicted molar refractivity (Wildman–Crippen MR) is 83.6 cm³/mol. The van der Waals surface area contributed by atoms with E-state index in [0.29, 0.717) is 10.6 Å². The molecule has 0 unspecified atom stereocenters. The Bertz CT molecular complexity index is 810. The maximum absolute atomic E-state index is 12.3. The number of nitrogens with one attached hydrogen (secondary N) is 1. The zero-order valence-corrected chi connectivity index (χ0v) is 14.1. The minimum atomic E-state index is -3.90. The van der Waals surface area contributed by atoms with E-state index < -0.39 is 15.9 Å². The van der Waals surface area contributed by atoms with Crippen LogP contribution in [0.15, 0.2) is 17.2 Å². The number of hydrogen-bond donors (Lipinski definition) is 1. The van der Waals surface area contributed by atoms with Crippen LogP contribution in [0.2, 0.25) is 0 Å². The first-order valence-electron chi connectivity index (χ1n) is 7.06. The molecule has 0 bridgehead atoms. The van der Waals surface area contributed by atoms with Crippen molar-refractivity contribution >= 4 is 27.3 Å². The number of aromatic nitrogens is 2. The third kappa shape index (κ3) is 2.68. The molecule has 0 aromatic carbocycles. The van der Waals surface area contributed by atoms with E-state index in [4.69, 9.17) is 0 Å².